The van der Waals surface area contributed by atoms with Gasteiger partial charge in [-0.2, -0.15) is 0 Å². The van der Waals surface area contributed by atoms with Gasteiger partial charge in [-0.3, -0.25) is 0 Å². The standard InChI is InChI=1S/C13H19BrN2O3S/c1-19-13-3-2-11(8-12(13)14)20(17,18)16-9-10-4-6-15-7-5-10/h2-3,8,10,15-16H,4-7,9H2,1H3. The van der Waals surface area contributed by atoms with Crippen molar-refractivity contribution in [3.63, 3.8) is 0 Å². The van der Waals surface area contributed by atoms with Crippen molar-refractivity contribution in [2.24, 2.45) is 5.92 Å². The number of piperidine rings is 1. The van der Waals surface area contributed by atoms with Crippen LogP contribution in [0.25, 0.3) is 0 Å². The van der Waals surface area contributed by atoms with Crippen LogP contribution >= 0.6 is 15.9 Å². The van der Waals surface area contributed by atoms with E-state index >= 15 is 0 Å². The summed E-state index contributed by atoms with van der Waals surface area (Å²) in [5.74, 6) is 1.02. The van der Waals surface area contributed by atoms with E-state index in [1.807, 2.05) is 0 Å². The second kappa shape index (κ2) is 6.89. The Hall–Kier alpha value is -0.630. The molecule has 1 aliphatic rings. The predicted octanol–water partition coefficient (Wildman–Crippen LogP) is 1.74. The molecule has 2 N–H and O–H groups in total. The summed E-state index contributed by atoms with van der Waals surface area (Å²) in [6, 6.07) is 4.75. The van der Waals surface area contributed by atoms with Crippen molar-refractivity contribution in [1.82, 2.24) is 10.0 Å². The van der Waals surface area contributed by atoms with Gasteiger partial charge < -0.3 is 10.1 Å². The Morgan fingerprint density at radius 2 is 2.10 bits per heavy atom. The molecule has 5 nitrogen and oxygen atoms in total. The predicted molar refractivity (Wildman–Crippen MR) is 81.5 cm³/mol. The first-order valence-electron chi connectivity index (χ1n) is 6.57. The lowest BCUT2D eigenvalue weighted by molar-refractivity contribution is 0.372. The highest BCUT2D eigenvalue weighted by Gasteiger charge is 2.19. The molecule has 1 aromatic carbocycles. The van der Waals surface area contributed by atoms with Crippen LogP contribution in [0.15, 0.2) is 27.6 Å². The van der Waals surface area contributed by atoms with Gasteiger partial charge in [0.05, 0.1) is 16.5 Å². The number of hydrogen-bond donors (Lipinski definition) is 2. The molecule has 112 valence electrons. The molecule has 0 aromatic heterocycles. The fraction of sp³-hybridized carbons (Fsp3) is 0.538. The zero-order valence-electron chi connectivity index (χ0n) is 11.4. The molecule has 1 heterocycles. The van der Waals surface area contributed by atoms with E-state index in [2.05, 4.69) is 26.0 Å². The summed E-state index contributed by atoms with van der Waals surface area (Å²) in [7, 11) is -1.92. The second-order valence-electron chi connectivity index (χ2n) is 4.84. The lowest BCUT2D eigenvalue weighted by atomic mass is 9.99. The first-order valence-corrected chi connectivity index (χ1v) is 8.84. The van der Waals surface area contributed by atoms with Gasteiger partial charge in [0.15, 0.2) is 0 Å². The molecular formula is C13H19BrN2O3S. The van der Waals surface area contributed by atoms with E-state index in [1.54, 1.807) is 25.3 Å². The van der Waals surface area contributed by atoms with Crippen LogP contribution < -0.4 is 14.8 Å². The maximum absolute atomic E-state index is 12.2. The molecule has 20 heavy (non-hydrogen) atoms. The van der Waals surface area contributed by atoms with Crippen molar-refractivity contribution in [3.05, 3.63) is 22.7 Å². The van der Waals surface area contributed by atoms with Gasteiger partial charge in [-0.15, -0.1) is 0 Å². The molecule has 1 aliphatic heterocycles. The number of hydrogen-bond acceptors (Lipinski definition) is 4. The molecule has 0 atom stereocenters. The minimum Gasteiger partial charge on any atom is -0.496 e. The Morgan fingerprint density at radius 3 is 2.70 bits per heavy atom. The van der Waals surface area contributed by atoms with Gasteiger partial charge in [0.2, 0.25) is 10.0 Å². The summed E-state index contributed by atoms with van der Waals surface area (Å²) >= 11 is 3.30. The summed E-state index contributed by atoms with van der Waals surface area (Å²) in [5.41, 5.74) is 0. The summed E-state index contributed by atoms with van der Waals surface area (Å²) in [5, 5.41) is 3.27. The molecule has 0 radical (unpaired) electrons. The van der Waals surface area contributed by atoms with Gasteiger partial charge in [-0.05, 0) is 66.0 Å². The maximum Gasteiger partial charge on any atom is 0.240 e. The molecule has 0 unspecified atom stereocenters. The van der Waals surface area contributed by atoms with E-state index in [4.69, 9.17) is 4.74 Å². The lowest BCUT2D eigenvalue weighted by Gasteiger charge is -2.22. The highest BCUT2D eigenvalue weighted by molar-refractivity contribution is 9.10. The molecule has 1 aromatic rings. The summed E-state index contributed by atoms with van der Waals surface area (Å²) in [4.78, 5) is 0.249. The number of benzene rings is 1. The van der Waals surface area contributed by atoms with Crippen LogP contribution in [0, 0.1) is 5.92 Å². The topological polar surface area (TPSA) is 67.4 Å². The minimum absolute atomic E-state index is 0.249. The fourth-order valence-corrected chi connectivity index (χ4v) is 4.05. The van der Waals surface area contributed by atoms with E-state index in [-0.39, 0.29) is 4.90 Å². The number of methoxy groups -OCH3 is 1. The van der Waals surface area contributed by atoms with Crippen LogP contribution in [0.2, 0.25) is 0 Å². The Bertz CT molecular complexity index is 557. The molecule has 1 fully saturated rings. The van der Waals surface area contributed by atoms with E-state index in [0.29, 0.717) is 22.7 Å². The highest BCUT2D eigenvalue weighted by atomic mass is 79.9. The summed E-state index contributed by atoms with van der Waals surface area (Å²) in [6.45, 7) is 2.41. The normalized spacial score (nSPS) is 17.1. The van der Waals surface area contributed by atoms with Crippen molar-refractivity contribution in [2.45, 2.75) is 17.7 Å². The number of sulfonamides is 1. The molecule has 0 saturated carbocycles. The van der Waals surface area contributed by atoms with Gasteiger partial charge in [0.25, 0.3) is 0 Å². The zero-order chi connectivity index (χ0) is 14.6. The van der Waals surface area contributed by atoms with Gasteiger partial charge >= 0.3 is 0 Å². The molecule has 7 heteroatoms. The Labute approximate surface area is 128 Å². The first kappa shape index (κ1) is 15.8. The highest BCUT2D eigenvalue weighted by Crippen LogP contribution is 2.27. The molecule has 0 spiro atoms. The molecule has 2 rings (SSSR count). The van der Waals surface area contributed by atoms with Crippen LogP contribution in [0.1, 0.15) is 12.8 Å². The van der Waals surface area contributed by atoms with Gasteiger partial charge in [0.1, 0.15) is 5.75 Å². The first-order chi connectivity index (χ1) is 9.53. The average molecular weight is 363 g/mol. The molecule has 0 amide bonds. The maximum atomic E-state index is 12.2. The van der Waals surface area contributed by atoms with E-state index in [0.717, 1.165) is 25.9 Å². The van der Waals surface area contributed by atoms with Crippen molar-refractivity contribution in [1.29, 1.82) is 0 Å². The van der Waals surface area contributed by atoms with Crippen LogP contribution in [-0.4, -0.2) is 35.2 Å². The number of nitrogens with one attached hydrogen (secondary N) is 2. The Balaban J connectivity index is 2.04. The van der Waals surface area contributed by atoms with E-state index in [9.17, 15) is 8.42 Å². The number of rotatable bonds is 5. The second-order valence-corrected chi connectivity index (χ2v) is 7.46. The quantitative estimate of drug-likeness (QED) is 0.836. The fourth-order valence-electron chi connectivity index (χ4n) is 2.21. The van der Waals surface area contributed by atoms with Crippen molar-refractivity contribution in [2.75, 3.05) is 26.7 Å². The molecular weight excluding hydrogens is 344 g/mol. The van der Waals surface area contributed by atoms with Gasteiger partial charge in [-0.1, -0.05) is 0 Å². The van der Waals surface area contributed by atoms with Gasteiger partial charge in [-0.25, -0.2) is 13.1 Å². The number of halogens is 1. The third-order valence-corrected chi connectivity index (χ3v) is 5.50. The van der Waals surface area contributed by atoms with Crippen LogP contribution in [0.3, 0.4) is 0 Å². The Kier molecular flexibility index (Phi) is 5.42. The number of ether oxygens (including phenoxy) is 1. The third-order valence-electron chi connectivity index (χ3n) is 3.45. The largest absolute Gasteiger partial charge is 0.496 e. The molecule has 0 bridgehead atoms. The van der Waals surface area contributed by atoms with Crippen molar-refractivity contribution >= 4 is 26.0 Å². The van der Waals surface area contributed by atoms with Crippen LogP contribution in [-0.2, 0) is 10.0 Å². The monoisotopic (exact) mass is 362 g/mol. The lowest BCUT2D eigenvalue weighted by Crippen LogP contribution is -2.35. The van der Waals surface area contributed by atoms with Crippen molar-refractivity contribution in [3.8, 4) is 5.75 Å². The van der Waals surface area contributed by atoms with E-state index < -0.39 is 10.0 Å². The average Bonchev–Trinajstić information content (AvgIpc) is 2.46. The van der Waals surface area contributed by atoms with Crippen LogP contribution in [0.5, 0.6) is 5.75 Å². The SMILES string of the molecule is COc1ccc(S(=O)(=O)NCC2CCNCC2)cc1Br. The zero-order valence-corrected chi connectivity index (χ0v) is 13.8. The van der Waals surface area contributed by atoms with E-state index in [1.165, 1.54) is 0 Å². The smallest absolute Gasteiger partial charge is 0.240 e. The summed E-state index contributed by atoms with van der Waals surface area (Å²) < 4.78 is 32.9. The molecule has 0 aliphatic carbocycles. The van der Waals surface area contributed by atoms with Crippen molar-refractivity contribution < 1.29 is 13.2 Å². The minimum atomic E-state index is -3.46. The third kappa shape index (κ3) is 3.94. The summed E-state index contributed by atoms with van der Waals surface area (Å²) in [6.07, 6.45) is 2.02. The Morgan fingerprint density at radius 1 is 1.40 bits per heavy atom. The molecule has 1 saturated heterocycles. The van der Waals surface area contributed by atoms with Gasteiger partial charge in [0, 0.05) is 6.54 Å². The van der Waals surface area contributed by atoms with Crippen LogP contribution in [0.4, 0.5) is 0 Å².